The van der Waals surface area contributed by atoms with Crippen LogP contribution in [0.2, 0.25) is 0 Å². The second kappa shape index (κ2) is 7.08. The monoisotopic (exact) mass is 500 g/mol. The Balaban J connectivity index is 1.27. The van der Waals surface area contributed by atoms with Crippen molar-refractivity contribution in [3.8, 4) is 0 Å². The van der Waals surface area contributed by atoms with Crippen LogP contribution in [0.3, 0.4) is 0 Å². The SMILES string of the molecule is Cc1nc2c(C34CC(C(F)(F)F)(C3)C4)cc(N3CCO[C@H](c4cnn(C5CC5)c4)C3)nn2c(=O)c1C. The molecular weight excluding hydrogens is 473 g/mol. The predicted molar refractivity (Wildman–Crippen MR) is 124 cm³/mol. The van der Waals surface area contributed by atoms with Crippen molar-refractivity contribution in [2.75, 3.05) is 24.6 Å². The molecule has 36 heavy (non-hydrogen) atoms. The van der Waals surface area contributed by atoms with Crippen LogP contribution in [0.25, 0.3) is 5.65 Å². The lowest BCUT2D eigenvalue weighted by Crippen LogP contribution is -2.70. The fourth-order valence-corrected chi connectivity index (χ4v) is 6.33. The number of hydrogen-bond donors (Lipinski definition) is 0. The molecule has 1 aliphatic heterocycles. The van der Waals surface area contributed by atoms with Crippen molar-refractivity contribution >= 4 is 11.5 Å². The van der Waals surface area contributed by atoms with Gasteiger partial charge < -0.3 is 9.64 Å². The molecule has 4 saturated carbocycles. The third kappa shape index (κ3) is 3.04. The first-order chi connectivity index (χ1) is 17.1. The highest BCUT2D eigenvalue weighted by atomic mass is 19.4. The first kappa shape index (κ1) is 22.3. The van der Waals surface area contributed by atoms with E-state index < -0.39 is 17.0 Å². The van der Waals surface area contributed by atoms with Gasteiger partial charge in [-0.25, -0.2) is 4.98 Å². The molecule has 0 spiro atoms. The number of nitrogens with zero attached hydrogens (tertiary/aromatic N) is 6. The van der Waals surface area contributed by atoms with Crippen LogP contribution in [-0.2, 0) is 10.2 Å². The molecule has 5 fully saturated rings. The molecule has 190 valence electrons. The Morgan fingerprint density at radius 1 is 1.17 bits per heavy atom. The average Bonchev–Trinajstić information content (AvgIpc) is 3.51. The Morgan fingerprint density at radius 2 is 1.92 bits per heavy atom. The number of hydrogen-bond acceptors (Lipinski definition) is 6. The highest BCUT2D eigenvalue weighted by Gasteiger charge is 2.79. The zero-order valence-electron chi connectivity index (χ0n) is 20.2. The summed E-state index contributed by atoms with van der Waals surface area (Å²) in [6.07, 6.45) is 1.86. The summed E-state index contributed by atoms with van der Waals surface area (Å²) in [5.74, 6) is 0.568. The van der Waals surface area contributed by atoms with Crippen LogP contribution in [0.15, 0.2) is 23.3 Å². The van der Waals surface area contributed by atoms with Gasteiger partial charge in [0.15, 0.2) is 5.65 Å². The summed E-state index contributed by atoms with van der Waals surface area (Å²) in [5.41, 5.74) is 0.626. The topological polar surface area (TPSA) is 77.6 Å². The van der Waals surface area contributed by atoms with Crippen molar-refractivity contribution in [2.24, 2.45) is 5.41 Å². The quantitative estimate of drug-likeness (QED) is 0.543. The maximum atomic E-state index is 13.6. The van der Waals surface area contributed by atoms with Crippen LogP contribution in [0.4, 0.5) is 19.0 Å². The van der Waals surface area contributed by atoms with Crippen LogP contribution in [0.5, 0.6) is 0 Å². The van der Waals surface area contributed by atoms with E-state index in [1.165, 1.54) is 4.52 Å². The zero-order valence-corrected chi connectivity index (χ0v) is 20.2. The van der Waals surface area contributed by atoms with Crippen LogP contribution in [0.1, 0.15) is 66.6 Å². The normalized spacial score (nSPS) is 29.8. The molecule has 8 nitrogen and oxygen atoms in total. The summed E-state index contributed by atoms with van der Waals surface area (Å²) >= 11 is 0. The molecule has 0 radical (unpaired) electrons. The Hall–Kier alpha value is -2.95. The summed E-state index contributed by atoms with van der Waals surface area (Å²) in [6, 6.07) is 2.34. The van der Waals surface area contributed by atoms with Crippen LogP contribution < -0.4 is 10.5 Å². The van der Waals surface area contributed by atoms with Gasteiger partial charge in [0.1, 0.15) is 11.9 Å². The number of aromatic nitrogens is 5. The zero-order chi connectivity index (χ0) is 25.0. The average molecular weight is 501 g/mol. The minimum absolute atomic E-state index is 0.0392. The van der Waals surface area contributed by atoms with E-state index in [0.29, 0.717) is 54.0 Å². The summed E-state index contributed by atoms with van der Waals surface area (Å²) in [7, 11) is 0. The Labute approximate surface area is 205 Å². The predicted octanol–water partition coefficient (Wildman–Crippen LogP) is 3.80. The lowest BCUT2D eigenvalue weighted by atomic mass is 9.33. The van der Waals surface area contributed by atoms with Crippen molar-refractivity contribution in [3.05, 3.63) is 51.2 Å². The first-order valence-corrected chi connectivity index (χ1v) is 12.5. The van der Waals surface area contributed by atoms with Crippen molar-refractivity contribution in [1.29, 1.82) is 0 Å². The molecule has 11 heteroatoms. The highest BCUT2D eigenvalue weighted by Crippen LogP contribution is 2.78. The summed E-state index contributed by atoms with van der Waals surface area (Å²) in [4.78, 5) is 19.9. The van der Waals surface area contributed by atoms with E-state index in [1.54, 1.807) is 13.8 Å². The minimum atomic E-state index is -4.21. The molecule has 0 unspecified atom stereocenters. The number of aryl methyl sites for hydroxylation is 1. The number of halogens is 3. The van der Waals surface area contributed by atoms with Gasteiger partial charge in [0.25, 0.3) is 5.56 Å². The van der Waals surface area contributed by atoms with Crippen LogP contribution >= 0.6 is 0 Å². The highest BCUT2D eigenvalue weighted by molar-refractivity contribution is 5.61. The number of alkyl halides is 3. The number of morpholine rings is 1. The summed E-state index contributed by atoms with van der Waals surface area (Å²) in [6.45, 7) is 5.00. The minimum Gasteiger partial charge on any atom is -0.370 e. The van der Waals surface area contributed by atoms with Gasteiger partial charge in [-0.05, 0) is 52.0 Å². The van der Waals surface area contributed by atoms with E-state index in [1.807, 2.05) is 23.1 Å². The van der Waals surface area contributed by atoms with Gasteiger partial charge in [-0.3, -0.25) is 9.48 Å². The maximum absolute atomic E-state index is 13.6. The fraction of sp³-hybridized carbons (Fsp3) is 0.600. The molecule has 1 atom stereocenters. The Morgan fingerprint density at radius 3 is 2.61 bits per heavy atom. The van der Waals surface area contributed by atoms with Crippen LogP contribution in [0, 0.1) is 19.3 Å². The second-order valence-corrected chi connectivity index (χ2v) is 11.2. The van der Waals surface area contributed by atoms with Crippen molar-refractivity contribution in [2.45, 2.75) is 69.7 Å². The van der Waals surface area contributed by atoms with E-state index in [0.717, 1.165) is 18.4 Å². The number of anilines is 1. The molecule has 2 bridgehead atoms. The van der Waals surface area contributed by atoms with Gasteiger partial charge in [-0.15, -0.1) is 5.10 Å². The Kier molecular flexibility index (Phi) is 4.38. The molecular formula is C25H27F3N6O2. The number of fused-ring (bicyclic) bond motifs is 1. The molecule has 0 N–H and O–H groups in total. The standard InChI is InChI=1S/C25H27F3N6O2/c1-14-15(2)30-21-18(23-11-24(12-23,13-23)25(26,27)28)7-20(31-34(21)22(14)35)32-5-6-36-19(10-32)16-8-29-33(9-16)17-3-4-17/h7-9,17,19H,3-6,10-13H2,1-2H3/t19-,23?,24?/m0/s1. The summed E-state index contributed by atoms with van der Waals surface area (Å²) in [5, 5.41) is 9.13. The lowest BCUT2D eigenvalue weighted by Gasteiger charge is -2.70. The maximum Gasteiger partial charge on any atom is 0.394 e. The molecule has 4 heterocycles. The molecule has 5 aliphatic rings. The van der Waals surface area contributed by atoms with E-state index in [9.17, 15) is 18.0 Å². The number of rotatable bonds is 4. The second-order valence-electron chi connectivity index (χ2n) is 11.2. The van der Waals surface area contributed by atoms with Crippen LogP contribution in [-0.4, -0.2) is 50.3 Å². The molecule has 3 aromatic heterocycles. The van der Waals surface area contributed by atoms with E-state index >= 15 is 0 Å². The van der Waals surface area contributed by atoms with Crippen molar-refractivity contribution < 1.29 is 17.9 Å². The molecule has 0 aromatic carbocycles. The molecule has 4 aliphatic carbocycles. The molecule has 1 saturated heterocycles. The lowest BCUT2D eigenvalue weighted by molar-refractivity contribution is -0.336. The van der Waals surface area contributed by atoms with E-state index in [2.05, 4.69) is 20.1 Å². The fourth-order valence-electron chi connectivity index (χ4n) is 6.33. The summed E-state index contributed by atoms with van der Waals surface area (Å²) < 4.78 is 50.2. The van der Waals surface area contributed by atoms with Gasteiger partial charge in [-0.1, -0.05) is 0 Å². The van der Waals surface area contributed by atoms with E-state index in [4.69, 9.17) is 4.74 Å². The molecule has 3 aromatic rings. The Bertz CT molecular complexity index is 1440. The third-order valence-electron chi connectivity index (χ3n) is 8.75. The first-order valence-electron chi connectivity index (χ1n) is 12.5. The molecule has 8 rings (SSSR count). The smallest absolute Gasteiger partial charge is 0.370 e. The van der Waals surface area contributed by atoms with Gasteiger partial charge >= 0.3 is 6.18 Å². The van der Waals surface area contributed by atoms with Gasteiger partial charge in [0.05, 0.1) is 30.8 Å². The largest absolute Gasteiger partial charge is 0.394 e. The van der Waals surface area contributed by atoms with Gasteiger partial charge in [0, 0.05) is 40.5 Å². The van der Waals surface area contributed by atoms with Crippen molar-refractivity contribution in [1.82, 2.24) is 24.4 Å². The third-order valence-corrected chi connectivity index (χ3v) is 8.75. The van der Waals surface area contributed by atoms with E-state index in [-0.39, 0.29) is 30.9 Å². The number of ether oxygens (including phenoxy) is 1. The molecule has 0 amide bonds. The van der Waals surface area contributed by atoms with Gasteiger partial charge in [-0.2, -0.15) is 22.8 Å². The van der Waals surface area contributed by atoms with Crippen molar-refractivity contribution in [3.63, 3.8) is 0 Å². The van der Waals surface area contributed by atoms with Gasteiger partial charge in [0.2, 0.25) is 0 Å².